The topological polar surface area (TPSA) is 62.1 Å². The summed E-state index contributed by atoms with van der Waals surface area (Å²) in [4.78, 5) is 11.1. The molecule has 1 amide bonds. The van der Waals surface area contributed by atoms with Gasteiger partial charge in [0.2, 0.25) is 0 Å². The van der Waals surface area contributed by atoms with Crippen LogP contribution in [0.25, 0.3) is 0 Å². The van der Waals surface area contributed by atoms with Crippen molar-refractivity contribution in [3.8, 4) is 23.7 Å². The molecule has 0 aromatic heterocycles. The Morgan fingerprint density at radius 1 is 1.53 bits per heavy atom. The van der Waals surface area contributed by atoms with E-state index in [1.165, 1.54) is 7.11 Å². The molecule has 86 valence electrons. The second kappa shape index (κ2) is 6.19. The highest BCUT2D eigenvalue weighted by Crippen LogP contribution is 2.18. The molecule has 0 fully saturated rings. The maximum atomic E-state index is 11.1. The van der Waals surface area contributed by atoms with E-state index in [4.69, 9.17) is 10.00 Å². The smallest absolute Gasteiger partial charge is 0.296 e. The summed E-state index contributed by atoms with van der Waals surface area (Å²) in [6.07, 6.45) is 0. The summed E-state index contributed by atoms with van der Waals surface area (Å²) in [5.41, 5.74) is 1.32. The molecule has 0 aliphatic heterocycles. The molecule has 0 saturated heterocycles. The normalized spacial score (nSPS) is 8.53. The summed E-state index contributed by atoms with van der Waals surface area (Å²) in [5.74, 6) is 5.08. The molecular formula is C13H12N2O2. The highest BCUT2D eigenvalue weighted by molar-refractivity contribution is 5.93. The first kappa shape index (κ1) is 12.6. The zero-order valence-corrected chi connectivity index (χ0v) is 9.70. The summed E-state index contributed by atoms with van der Waals surface area (Å²) in [7, 11) is 1.50. The van der Waals surface area contributed by atoms with E-state index in [1.807, 2.05) is 6.07 Å². The Kier molecular flexibility index (Phi) is 4.59. The monoisotopic (exact) mass is 228 g/mol. The van der Waals surface area contributed by atoms with Crippen molar-refractivity contribution in [2.24, 2.45) is 0 Å². The third kappa shape index (κ3) is 3.55. The molecule has 0 spiro atoms. The number of methoxy groups -OCH3 is 1. The first-order chi connectivity index (χ1) is 8.21. The van der Waals surface area contributed by atoms with Crippen LogP contribution in [0.2, 0.25) is 0 Å². The number of nitriles is 1. The third-order valence-electron chi connectivity index (χ3n) is 2.08. The van der Waals surface area contributed by atoms with E-state index in [0.29, 0.717) is 17.9 Å². The lowest BCUT2D eigenvalue weighted by atomic mass is 10.1. The Morgan fingerprint density at radius 3 is 2.88 bits per heavy atom. The van der Waals surface area contributed by atoms with Crippen molar-refractivity contribution in [2.45, 2.75) is 13.5 Å². The maximum absolute atomic E-state index is 11.1. The molecule has 0 atom stereocenters. The van der Waals surface area contributed by atoms with Gasteiger partial charge in [0.15, 0.2) is 0 Å². The maximum Gasteiger partial charge on any atom is 0.296 e. The summed E-state index contributed by atoms with van der Waals surface area (Å²) < 4.78 is 5.07. The van der Waals surface area contributed by atoms with Crippen LogP contribution >= 0.6 is 0 Å². The standard InChI is InChI=1S/C13H12N2O2/c1-3-4-13(16)15-9-10-5-6-11(8-14)12(7-10)17-2/h5-7H,9H2,1-2H3,(H,15,16). The lowest BCUT2D eigenvalue weighted by Gasteiger charge is -2.06. The van der Waals surface area contributed by atoms with Gasteiger partial charge in [-0.1, -0.05) is 12.0 Å². The molecule has 4 heteroatoms. The number of hydrogen-bond donors (Lipinski definition) is 1. The second-order valence-corrected chi connectivity index (χ2v) is 3.20. The van der Waals surface area contributed by atoms with Gasteiger partial charge in [0.25, 0.3) is 5.91 Å². The molecule has 1 aromatic carbocycles. The molecule has 0 heterocycles. The number of nitrogens with zero attached hydrogens (tertiary/aromatic N) is 1. The largest absolute Gasteiger partial charge is 0.495 e. The fourth-order valence-corrected chi connectivity index (χ4v) is 1.28. The Bertz CT molecular complexity index is 518. The highest BCUT2D eigenvalue weighted by Gasteiger charge is 2.04. The van der Waals surface area contributed by atoms with Gasteiger partial charge in [-0.15, -0.1) is 0 Å². The van der Waals surface area contributed by atoms with Gasteiger partial charge in [0.1, 0.15) is 11.8 Å². The minimum absolute atomic E-state index is 0.323. The van der Waals surface area contributed by atoms with Crippen LogP contribution in [0.4, 0.5) is 0 Å². The van der Waals surface area contributed by atoms with E-state index < -0.39 is 0 Å². The van der Waals surface area contributed by atoms with Gasteiger partial charge in [0, 0.05) is 6.54 Å². The molecule has 1 N–H and O–H groups in total. The zero-order valence-electron chi connectivity index (χ0n) is 9.70. The van der Waals surface area contributed by atoms with E-state index >= 15 is 0 Å². The van der Waals surface area contributed by atoms with Gasteiger partial charge in [-0.2, -0.15) is 5.26 Å². The number of carbonyl (C=O) groups is 1. The van der Waals surface area contributed by atoms with Crippen LogP contribution < -0.4 is 10.1 Å². The Hall–Kier alpha value is -2.46. The summed E-state index contributed by atoms with van der Waals surface area (Å²) in [5, 5.41) is 11.4. The van der Waals surface area contributed by atoms with E-state index in [-0.39, 0.29) is 5.91 Å². The van der Waals surface area contributed by atoms with E-state index in [2.05, 4.69) is 17.2 Å². The lowest BCUT2D eigenvalue weighted by molar-refractivity contribution is -0.115. The quantitative estimate of drug-likeness (QED) is 0.791. The summed E-state index contributed by atoms with van der Waals surface area (Å²) in [6, 6.07) is 7.17. The van der Waals surface area contributed by atoms with Gasteiger partial charge < -0.3 is 10.1 Å². The minimum atomic E-state index is -0.323. The molecule has 17 heavy (non-hydrogen) atoms. The number of amides is 1. The number of rotatable bonds is 3. The summed E-state index contributed by atoms with van der Waals surface area (Å²) in [6.45, 7) is 1.96. The fourth-order valence-electron chi connectivity index (χ4n) is 1.28. The van der Waals surface area contributed by atoms with Gasteiger partial charge in [0.05, 0.1) is 12.7 Å². The first-order valence-corrected chi connectivity index (χ1v) is 4.99. The van der Waals surface area contributed by atoms with Crippen molar-refractivity contribution in [1.82, 2.24) is 5.32 Å². The molecule has 1 aromatic rings. The van der Waals surface area contributed by atoms with Crippen LogP contribution in [0.5, 0.6) is 5.75 Å². The number of hydrogen-bond acceptors (Lipinski definition) is 3. The van der Waals surface area contributed by atoms with Crippen LogP contribution in [0, 0.1) is 23.2 Å². The Morgan fingerprint density at radius 2 is 2.29 bits per heavy atom. The molecule has 0 radical (unpaired) electrons. The number of ether oxygens (including phenoxy) is 1. The van der Waals surface area contributed by atoms with Crippen LogP contribution in [0.15, 0.2) is 18.2 Å². The number of carbonyl (C=O) groups excluding carboxylic acids is 1. The van der Waals surface area contributed by atoms with Crippen molar-refractivity contribution in [3.63, 3.8) is 0 Å². The van der Waals surface area contributed by atoms with Gasteiger partial charge in [-0.3, -0.25) is 4.79 Å². The molecule has 0 aliphatic carbocycles. The number of nitrogens with one attached hydrogen (secondary N) is 1. The van der Waals surface area contributed by atoms with E-state index in [1.54, 1.807) is 25.1 Å². The minimum Gasteiger partial charge on any atom is -0.495 e. The summed E-state index contributed by atoms with van der Waals surface area (Å²) >= 11 is 0. The molecule has 0 saturated carbocycles. The predicted octanol–water partition coefficient (Wildman–Crippen LogP) is 1.21. The molecule has 4 nitrogen and oxygen atoms in total. The zero-order chi connectivity index (χ0) is 12.7. The first-order valence-electron chi connectivity index (χ1n) is 4.99. The van der Waals surface area contributed by atoms with Gasteiger partial charge in [-0.25, -0.2) is 0 Å². The second-order valence-electron chi connectivity index (χ2n) is 3.20. The van der Waals surface area contributed by atoms with E-state index in [0.717, 1.165) is 5.56 Å². The molecule has 1 rings (SSSR count). The molecule has 0 bridgehead atoms. The highest BCUT2D eigenvalue weighted by atomic mass is 16.5. The van der Waals surface area contributed by atoms with Crippen LogP contribution in [0.1, 0.15) is 18.1 Å². The average molecular weight is 228 g/mol. The molecular weight excluding hydrogens is 216 g/mol. The Labute approximate surface area is 100 Å². The molecule has 0 aliphatic rings. The van der Waals surface area contributed by atoms with Gasteiger partial charge in [-0.05, 0) is 30.5 Å². The van der Waals surface area contributed by atoms with E-state index in [9.17, 15) is 4.79 Å². The van der Waals surface area contributed by atoms with Crippen LogP contribution in [-0.2, 0) is 11.3 Å². The van der Waals surface area contributed by atoms with Crippen molar-refractivity contribution in [2.75, 3.05) is 7.11 Å². The SMILES string of the molecule is CC#CC(=O)NCc1ccc(C#N)c(OC)c1. The van der Waals surface area contributed by atoms with Crippen LogP contribution in [0.3, 0.4) is 0 Å². The van der Waals surface area contributed by atoms with Crippen molar-refractivity contribution < 1.29 is 9.53 Å². The number of benzene rings is 1. The van der Waals surface area contributed by atoms with Gasteiger partial charge >= 0.3 is 0 Å². The predicted molar refractivity (Wildman–Crippen MR) is 63.0 cm³/mol. The fraction of sp³-hybridized carbons (Fsp3) is 0.231. The average Bonchev–Trinajstić information content (AvgIpc) is 2.36. The molecule has 0 unspecified atom stereocenters. The van der Waals surface area contributed by atoms with Crippen molar-refractivity contribution in [1.29, 1.82) is 5.26 Å². The van der Waals surface area contributed by atoms with Crippen LogP contribution in [-0.4, -0.2) is 13.0 Å². The van der Waals surface area contributed by atoms with Crippen molar-refractivity contribution >= 4 is 5.91 Å². The van der Waals surface area contributed by atoms with Crippen molar-refractivity contribution in [3.05, 3.63) is 29.3 Å². The third-order valence-corrected chi connectivity index (χ3v) is 2.08. The lowest BCUT2D eigenvalue weighted by Crippen LogP contribution is -2.20. The Balaban J connectivity index is 2.76.